The minimum Gasteiger partial charge on any atom is -0.355 e. The third-order valence-electron chi connectivity index (χ3n) is 5.12. The zero-order chi connectivity index (χ0) is 19.1. The molecule has 0 unspecified atom stereocenters. The standard InChI is InChI=1S/C19H28N4O3S/c24-19(21-10-8-17-5-2-1-3-6-17)16-22-11-13-23(14-12-22)27(25,26)18-7-4-9-20-15-18/h4-5,7,9,15H,1-3,6,8,10-14,16H2,(H,21,24). The van der Waals surface area contributed by atoms with Gasteiger partial charge in [0.1, 0.15) is 4.90 Å². The highest BCUT2D eigenvalue weighted by Crippen LogP contribution is 2.19. The normalized spacial score (nSPS) is 19.5. The van der Waals surface area contributed by atoms with Crippen LogP contribution in [-0.2, 0) is 14.8 Å². The van der Waals surface area contributed by atoms with E-state index in [4.69, 9.17) is 0 Å². The monoisotopic (exact) mass is 392 g/mol. The van der Waals surface area contributed by atoms with Crippen molar-refractivity contribution < 1.29 is 13.2 Å². The second-order valence-corrected chi connectivity index (χ2v) is 9.02. The molecule has 3 rings (SSSR count). The molecule has 1 aromatic rings. The van der Waals surface area contributed by atoms with E-state index < -0.39 is 10.0 Å². The summed E-state index contributed by atoms with van der Waals surface area (Å²) >= 11 is 0. The van der Waals surface area contributed by atoms with Crippen molar-refractivity contribution in [3.05, 3.63) is 36.2 Å². The zero-order valence-corrected chi connectivity index (χ0v) is 16.5. The Kier molecular flexibility index (Phi) is 6.98. The Morgan fingerprint density at radius 1 is 1.19 bits per heavy atom. The van der Waals surface area contributed by atoms with Gasteiger partial charge in [0.2, 0.25) is 15.9 Å². The maximum absolute atomic E-state index is 12.6. The summed E-state index contributed by atoms with van der Waals surface area (Å²) < 4.78 is 26.6. The number of nitrogens with one attached hydrogen (secondary N) is 1. The highest BCUT2D eigenvalue weighted by atomic mass is 32.2. The van der Waals surface area contributed by atoms with Crippen molar-refractivity contribution in [2.75, 3.05) is 39.3 Å². The lowest BCUT2D eigenvalue weighted by molar-refractivity contribution is -0.122. The third-order valence-corrected chi connectivity index (χ3v) is 7.01. The summed E-state index contributed by atoms with van der Waals surface area (Å²) in [5.41, 5.74) is 1.45. The molecule has 0 spiro atoms. The van der Waals surface area contributed by atoms with Crippen LogP contribution in [0.1, 0.15) is 32.1 Å². The number of carbonyl (C=O) groups is 1. The minimum atomic E-state index is -3.50. The van der Waals surface area contributed by atoms with Crippen molar-refractivity contribution in [3.63, 3.8) is 0 Å². The van der Waals surface area contributed by atoms with Crippen molar-refractivity contribution in [3.8, 4) is 0 Å². The Balaban J connectivity index is 1.40. The molecule has 1 saturated heterocycles. The van der Waals surface area contributed by atoms with Gasteiger partial charge in [-0.25, -0.2) is 8.42 Å². The van der Waals surface area contributed by atoms with Gasteiger partial charge >= 0.3 is 0 Å². The Morgan fingerprint density at radius 3 is 2.67 bits per heavy atom. The third kappa shape index (κ3) is 5.60. The van der Waals surface area contributed by atoms with Gasteiger partial charge in [0.05, 0.1) is 6.54 Å². The van der Waals surface area contributed by atoms with E-state index in [9.17, 15) is 13.2 Å². The molecule has 0 aromatic carbocycles. The molecule has 1 N–H and O–H groups in total. The van der Waals surface area contributed by atoms with E-state index in [2.05, 4.69) is 16.4 Å². The van der Waals surface area contributed by atoms with E-state index in [-0.39, 0.29) is 10.8 Å². The number of carbonyl (C=O) groups excluding carboxylic acids is 1. The molecule has 0 bridgehead atoms. The minimum absolute atomic E-state index is 0.00924. The number of piperazine rings is 1. The molecule has 2 aliphatic rings. The first-order chi connectivity index (χ1) is 13.1. The fourth-order valence-electron chi connectivity index (χ4n) is 3.53. The average Bonchev–Trinajstić information content (AvgIpc) is 2.70. The molecule has 0 saturated carbocycles. The van der Waals surface area contributed by atoms with Gasteiger partial charge in [-0.15, -0.1) is 0 Å². The van der Waals surface area contributed by atoms with Crippen LogP contribution in [0, 0.1) is 0 Å². The van der Waals surface area contributed by atoms with Crippen LogP contribution in [0.5, 0.6) is 0 Å². The Morgan fingerprint density at radius 2 is 2.00 bits per heavy atom. The number of nitrogens with zero attached hydrogens (tertiary/aromatic N) is 3. The maximum Gasteiger partial charge on any atom is 0.244 e. The molecule has 148 valence electrons. The molecule has 2 heterocycles. The van der Waals surface area contributed by atoms with Gasteiger partial charge in [-0.3, -0.25) is 14.7 Å². The van der Waals surface area contributed by atoms with Gasteiger partial charge in [0.25, 0.3) is 0 Å². The van der Waals surface area contributed by atoms with Crippen molar-refractivity contribution in [1.82, 2.24) is 19.5 Å². The van der Waals surface area contributed by atoms with Crippen LogP contribution in [0.25, 0.3) is 0 Å². The number of rotatable bonds is 7. The fraction of sp³-hybridized carbons (Fsp3) is 0.579. The van der Waals surface area contributed by atoms with Crippen LogP contribution in [0.2, 0.25) is 0 Å². The number of aromatic nitrogens is 1. The maximum atomic E-state index is 12.6. The Bertz CT molecular complexity index is 756. The van der Waals surface area contributed by atoms with Gasteiger partial charge in [-0.1, -0.05) is 11.6 Å². The summed E-state index contributed by atoms with van der Waals surface area (Å²) in [6, 6.07) is 3.18. The van der Waals surface area contributed by atoms with E-state index in [1.54, 1.807) is 18.3 Å². The summed E-state index contributed by atoms with van der Waals surface area (Å²) in [4.78, 5) is 18.3. The van der Waals surface area contributed by atoms with Crippen LogP contribution < -0.4 is 5.32 Å². The highest BCUT2D eigenvalue weighted by molar-refractivity contribution is 7.89. The zero-order valence-electron chi connectivity index (χ0n) is 15.6. The molecule has 7 nitrogen and oxygen atoms in total. The van der Waals surface area contributed by atoms with Crippen LogP contribution in [0.3, 0.4) is 0 Å². The fourth-order valence-corrected chi connectivity index (χ4v) is 4.92. The van der Waals surface area contributed by atoms with E-state index in [1.165, 1.54) is 28.9 Å². The number of hydrogen-bond acceptors (Lipinski definition) is 5. The molecule has 1 aliphatic carbocycles. The summed E-state index contributed by atoms with van der Waals surface area (Å²) in [5, 5.41) is 2.98. The lowest BCUT2D eigenvalue weighted by Gasteiger charge is -2.33. The van der Waals surface area contributed by atoms with E-state index in [0.717, 1.165) is 19.3 Å². The van der Waals surface area contributed by atoms with Crippen molar-refractivity contribution in [2.24, 2.45) is 0 Å². The topological polar surface area (TPSA) is 82.6 Å². The molecule has 1 aliphatic heterocycles. The molecular weight excluding hydrogens is 364 g/mol. The first-order valence-electron chi connectivity index (χ1n) is 9.63. The first-order valence-corrected chi connectivity index (χ1v) is 11.1. The van der Waals surface area contributed by atoms with Crippen molar-refractivity contribution in [1.29, 1.82) is 0 Å². The second-order valence-electron chi connectivity index (χ2n) is 7.08. The number of allylic oxidation sites excluding steroid dienone is 1. The van der Waals surface area contributed by atoms with E-state index in [1.807, 2.05) is 4.90 Å². The van der Waals surface area contributed by atoms with Gasteiger partial charge in [-0.05, 0) is 44.2 Å². The van der Waals surface area contributed by atoms with Gasteiger partial charge in [0.15, 0.2) is 0 Å². The van der Waals surface area contributed by atoms with Gasteiger partial charge in [0, 0.05) is 45.1 Å². The predicted molar refractivity (Wildman–Crippen MR) is 104 cm³/mol. The molecular formula is C19H28N4O3S. The van der Waals surface area contributed by atoms with Crippen LogP contribution in [0.4, 0.5) is 0 Å². The number of sulfonamides is 1. The first kappa shape index (κ1) is 20.0. The molecule has 0 atom stereocenters. The lowest BCUT2D eigenvalue weighted by Crippen LogP contribution is -2.51. The Hall–Kier alpha value is -1.77. The number of amides is 1. The molecule has 1 aromatic heterocycles. The molecule has 1 fully saturated rings. The van der Waals surface area contributed by atoms with Crippen molar-refractivity contribution >= 4 is 15.9 Å². The van der Waals surface area contributed by atoms with E-state index in [0.29, 0.717) is 39.3 Å². The van der Waals surface area contributed by atoms with Crippen LogP contribution >= 0.6 is 0 Å². The molecule has 8 heteroatoms. The summed E-state index contributed by atoms with van der Waals surface area (Å²) in [6.07, 6.45) is 11.0. The van der Waals surface area contributed by atoms with E-state index >= 15 is 0 Å². The van der Waals surface area contributed by atoms with Crippen LogP contribution in [0.15, 0.2) is 41.1 Å². The molecule has 0 radical (unpaired) electrons. The van der Waals surface area contributed by atoms with Crippen LogP contribution in [-0.4, -0.2) is 67.8 Å². The predicted octanol–water partition coefficient (Wildman–Crippen LogP) is 1.39. The van der Waals surface area contributed by atoms with Gasteiger partial charge in [-0.2, -0.15) is 4.31 Å². The van der Waals surface area contributed by atoms with Gasteiger partial charge < -0.3 is 5.32 Å². The highest BCUT2D eigenvalue weighted by Gasteiger charge is 2.29. The molecule has 27 heavy (non-hydrogen) atoms. The Labute approximate surface area is 161 Å². The SMILES string of the molecule is O=C(CN1CCN(S(=O)(=O)c2cccnc2)CC1)NCCC1=CCCCC1. The number of pyridine rings is 1. The van der Waals surface area contributed by atoms with Crippen molar-refractivity contribution in [2.45, 2.75) is 37.0 Å². The quantitative estimate of drug-likeness (QED) is 0.709. The average molecular weight is 393 g/mol. The second kappa shape index (κ2) is 9.43. The largest absolute Gasteiger partial charge is 0.355 e. The summed E-state index contributed by atoms with van der Waals surface area (Å²) in [6.45, 7) is 2.88. The number of hydrogen-bond donors (Lipinski definition) is 1. The lowest BCUT2D eigenvalue weighted by atomic mass is 9.97. The smallest absolute Gasteiger partial charge is 0.244 e. The summed E-state index contributed by atoms with van der Waals surface area (Å²) in [5.74, 6) is 0.00924. The molecule has 1 amide bonds. The summed E-state index contributed by atoms with van der Waals surface area (Å²) in [7, 11) is -3.50.